The molecule has 1 aliphatic carbocycles. The van der Waals surface area contributed by atoms with Crippen LogP contribution in [-0.2, 0) is 0 Å². The average molecular weight is 283 g/mol. The van der Waals surface area contributed by atoms with Gasteiger partial charge in [-0.25, -0.2) is 0 Å². The van der Waals surface area contributed by atoms with E-state index in [4.69, 9.17) is 0 Å². The van der Waals surface area contributed by atoms with Crippen molar-refractivity contribution in [3.8, 4) is 0 Å². The number of nitrogens with one attached hydrogen (secondary N) is 1. The predicted molar refractivity (Wildman–Crippen MR) is 90.1 cm³/mol. The lowest BCUT2D eigenvalue weighted by molar-refractivity contribution is 0.0676. The van der Waals surface area contributed by atoms with Crippen molar-refractivity contribution in [3.63, 3.8) is 0 Å². The number of hydrogen-bond donors (Lipinski definition) is 1. The number of rotatable bonds is 7. The molecule has 20 heavy (non-hydrogen) atoms. The van der Waals surface area contributed by atoms with Crippen molar-refractivity contribution < 1.29 is 0 Å². The van der Waals surface area contributed by atoms with E-state index in [1.165, 1.54) is 32.4 Å². The lowest BCUT2D eigenvalue weighted by Gasteiger charge is -2.45. The van der Waals surface area contributed by atoms with Gasteiger partial charge in [0.2, 0.25) is 0 Å². The molecule has 1 aliphatic rings. The van der Waals surface area contributed by atoms with Crippen LogP contribution in [0.2, 0.25) is 0 Å². The first-order valence-corrected chi connectivity index (χ1v) is 8.76. The Morgan fingerprint density at radius 3 is 1.90 bits per heavy atom. The summed E-state index contributed by atoms with van der Waals surface area (Å²) < 4.78 is 0. The summed E-state index contributed by atoms with van der Waals surface area (Å²) in [5, 5.41) is 3.60. The number of likely N-dealkylation sites (N-methyl/N-ethyl adjacent to an activating group) is 1. The van der Waals surface area contributed by atoms with Gasteiger partial charge in [-0.15, -0.1) is 0 Å². The summed E-state index contributed by atoms with van der Waals surface area (Å²) in [5.74, 6) is 3.25. The monoisotopic (exact) mass is 282 g/mol. The second-order valence-electron chi connectivity index (χ2n) is 8.02. The molecule has 1 saturated carbocycles. The zero-order valence-corrected chi connectivity index (χ0v) is 14.9. The maximum absolute atomic E-state index is 3.60. The van der Waals surface area contributed by atoms with Gasteiger partial charge >= 0.3 is 0 Å². The van der Waals surface area contributed by atoms with E-state index in [1.807, 2.05) is 0 Å². The van der Waals surface area contributed by atoms with Crippen molar-refractivity contribution >= 4 is 0 Å². The van der Waals surface area contributed by atoms with Crippen molar-refractivity contribution in [1.82, 2.24) is 10.2 Å². The molecule has 0 aromatic rings. The highest BCUT2D eigenvalue weighted by molar-refractivity contribution is 4.92. The Balaban J connectivity index is 2.80. The third kappa shape index (κ3) is 5.37. The molecule has 3 atom stereocenters. The van der Waals surface area contributed by atoms with Crippen LogP contribution in [0, 0.1) is 23.7 Å². The van der Waals surface area contributed by atoms with Gasteiger partial charge in [-0.05, 0) is 50.0 Å². The van der Waals surface area contributed by atoms with Crippen molar-refractivity contribution in [2.24, 2.45) is 23.7 Å². The van der Waals surface area contributed by atoms with Crippen LogP contribution in [0.5, 0.6) is 0 Å². The molecule has 0 aromatic carbocycles. The lowest BCUT2D eigenvalue weighted by Crippen LogP contribution is -2.54. The van der Waals surface area contributed by atoms with Crippen molar-refractivity contribution in [3.05, 3.63) is 0 Å². The van der Waals surface area contributed by atoms with Gasteiger partial charge in [0.25, 0.3) is 0 Å². The summed E-state index contributed by atoms with van der Waals surface area (Å²) in [5.41, 5.74) is 0. The first-order valence-electron chi connectivity index (χ1n) is 8.76. The normalized spacial score (nSPS) is 28.1. The summed E-state index contributed by atoms with van der Waals surface area (Å²) in [6.07, 6.45) is 4.12. The lowest BCUT2D eigenvalue weighted by atomic mass is 9.76. The van der Waals surface area contributed by atoms with Gasteiger partial charge < -0.3 is 5.32 Å². The Labute approximate surface area is 127 Å². The van der Waals surface area contributed by atoms with Crippen LogP contribution in [0.3, 0.4) is 0 Å². The van der Waals surface area contributed by atoms with E-state index in [1.54, 1.807) is 0 Å². The molecule has 0 bridgehead atoms. The van der Waals surface area contributed by atoms with Gasteiger partial charge in [-0.1, -0.05) is 41.5 Å². The van der Waals surface area contributed by atoms with Crippen molar-refractivity contribution in [2.45, 2.75) is 72.9 Å². The zero-order valence-electron chi connectivity index (χ0n) is 14.9. The molecular formula is C18H38N2. The highest BCUT2D eigenvalue weighted by atomic mass is 15.2. The fourth-order valence-electron chi connectivity index (χ4n) is 3.81. The van der Waals surface area contributed by atoms with E-state index >= 15 is 0 Å². The van der Waals surface area contributed by atoms with Crippen LogP contribution in [0.25, 0.3) is 0 Å². The second-order valence-corrected chi connectivity index (χ2v) is 8.02. The third-order valence-corrected chi connectivity index (χ3v) is 4.84. The minimum Gasteiger partial charge on any atom is -0.315 e. The Morgan fingerprint density at radius 2 is 1.50 bits per heavy atom. The Morgan fingerprint density at radius 1 is 0.950 bits per heavy atom. The molecule has 0 aromatic heterocycles. The van der Waals surface area contributed by atoms with Crippen molar-refractivity contribution in [1.29, 1.82) is 0 Å². The Hall–Kier alpha value is -0.0800. The van der Waals surface area contributed by atoms with Gasteiger partial charge in [-0.3, -0.25) is 4.90 Å². The van der Waals surface area contributed by atoms with Crippen LogP contribution < -0.4 is 5.32 Å². The fourth-order valence-corrected chi connectivity index (χ4v) is 3.81. The highest BCUT2D eigenvalue weighted by Gasteiger charge is 2.34. The summed E-state index contributed by atoms with van der Waals surface area (Å²) in [7, 11) is 2.15. The molecule has 2 nitrogen and oxygen atoms in total. The van der Waals surface area contributed by atoms with Gasteiger partial charge in [0.15, 0.2) is 0 Å². The van der Waals surface area contributed by atoms with Gasteiger partial charge in [0.05, 0.1) is 0 Å². The van der Waals surface area contributed by atoms with Crippen LogP contribution >= 0.6 is 0 Å². The quantitative estimate of drug-likeness (QED) is 0.759. The van der Waals surface area contributed by atoms with Gasteiger partial charge in [0.1, 0.15) is 0 Å². The average Bonchev–Trinajstić information content (AvgIpc) is 2.36. The standard InChI is InChI=1S/C18H38N2/c1-13(2)11-20(12-14(3)4)18-10-16(15(5)6)8-9-17(18)19-7/h13-19H,8-12H2,1-7H3. The molecular weight excluding hydrogens is 244 g/mol. The Bertz CT molecular complexity index is 250. The molecule has 1 rings (SSSR count). The maximum atomic E-state index is 3.60. The zero-order chi connectivity index (χ0) is 15.3. The van der Waals surface area contributed by atoms with E-state index in [0.29, 0.717) is 6.04 Å². The molecule has 1 N–H and O–H groups in total. The van der Waals surface area contributed by atoms with Crippen molar-refractivity contribution in [2.75, 3.05) is 20.1 Å². The SMILES string of the molecule is CNC1CCC(C(C)C)CC1N(CC(C)C)CC(C)C. The van der Waals surface area contributed by atoms with Gasteiger partial charge in [0, 0.05) is 25.2 Å². The molecule has 0 saturated heterocycles. The predicted octanol–water partition coefficient (Wildman–Crippen LogP) is 4.01. The van der Waals surface area contributed by atoms with E-state index in [2.05, 4.69) is 58.8 Å². The molecule has 120 valence electrons. The molecule has 3 unspecified atom stereocenters. The fraction of sp³-hybridized carbons (Fsp3) is 1.00. The molecule has 0 spiro atoms. The molecule has 0 aliphatic heterocycles. The topological polar surface area (TPSA) is 15.3 Å². The highest BCUT2D eigenvalue weighted by Crippen LogP contribution is 2.33. The van der Waals surface area contributed by atoms with Crippen LogP contribution in [-0.4, -0.2) is 37.1 Å². The van der Waals surface area contributed by atoms with E-state index < -0.39 is 0 Å². The first kappa shape index (κ1) is 18.0. The number of nitrogens with zero attached hydrogens (tertiary/aromatic N) is 1. The van der Waals surface area contributed by atoms with E-state index in [-0.39, 0.29) is 0 Å². The summed E-state index contributed by atoms with van der Waals surface area (Å²) in [6, 6.07) is 1.41. The molecule has 0 radical (unpaired) electrons. The number of hydrogen-bond acceptors (Lipinski definition) is 2. The minimum atomic E-state index is 0.683. The van der Waals surface area contributed by atoms with E-state index in [9.17, 15) is 0 Å². The minimum absolute atomic E-state index is 0.683. The van der Waals surface area contributed by atoms with Gasteiger partial charge in [-0.2, -0.15) is 0 Å². The third-order valence-electron chi connectivity index (χ3n) is 4.84. The molecule has 2 heteroatoms. The molecule has 0 heterocycles. The summed E-state index contributed by atoms with van der Waals surface area (Å²) >= 11 is 0. The van der Waals surface area contributed by atoms with Crippen LogP contribution in [0.1, 0.15) is 60.8 Å². The van der Waals surface area contributed by atoms with Crippen LogP contribution in [0.15, 0.2) is 0 Å². The molecule has 1 fully saturated rings. The molecule has 0 amide bonds. The maximum Gasteiger partial charge on any atom is 0.0252 e. The van der Waals surface area contributed by atoms with Crippen LogP contribution in [0.4, 0.5) is 0 Å². The van der Waals surface area contributed by atoms with E-state index in [0.717, 1.165) is 29.7 Å². The smallest absolute Gasteiger partial charge is 0.0252 e. The summed E-state index contributed by atoms with van der Waals surface area (Å²) in [4.78, 5) is 2.78. The Kier molecular flexibility index (Phi) is 7.53. The first-order chi connectivity index (χ1) is 9.35. The summed E-state index contributed by atoms with van der Waals surface area (Å²) in [6.45, 7) is 16.7. The largest absolute Gasteiger partial charge is 0.315 e. The second kappa shape index (κ2) is 8.38.